The second-order valence-electron chi connectivity index (χ2n) is 8.80. The Kier molecular flexibility index (Phi) is 9.34. The molecule has 1 aliphatic rings. The van der Waals surface area contributed by atoms with E-state index in [4.69, 9.17) is 19.0 Å². The standard InChI is InChI=1S/C22H39NO5/c1-10-12-25-17(4)20(15-26-16(3)11-2)28-23-21(6,7)13-19(27-18(5)24)14-22(23,8)9/h10-11,16-17,19-20H,1-2,12-15H2,3-9H3. The molecule has 1 saturated heterocycles. The van der Waals surface area contributed by atoms with Crippen molar-refractivity contribution in [3.8, 4) is 0 Å². The lowest BCUT2D eigenvalue weighted by molar-refractivity contribution is -0.331. The van der Waals surface area contributed by atoms with Crippen LogP contribution in [0.25, 0.3) is 0 Å². The molecule has 1 heterocycles. The molecule has 6 heteroatoms. The molecule has 0 saturated carbocycles. The predicted octanol–water partition coefficient (Wildman–Crippen LogP) is 4.05. The Hall–Kier alpha value is -1.21. The summed E-state index contributed by atoms with van der Waals surface area (Å²) in [5.41, 5.74) is -0.662. The van der Waals surface area contributed by atoms with Crippen molar-refractivity contribution in [2.45, 2.75) is 96.8 Å². The van der Waals surface area contributed by atoms with Crippen molar-refractivity contribution in [1.29, 1.82) is 0 Å². The van der Waals surface area contributed by atoms with E-state index in [1.54, 1.807) is 12.2 Å². The third kappa shape index (κ3) is 7.32. The zero-order valence-corrected chi connectivity index (χ0v) is 18.7. The maximum atomic E-state index is 11.4. The number of ether oxygens (including phenoxy) is 3. The molecule has 0 spiro atoms. The maximum absolute atomic E-state index is 11.4. The lowest BCUT2D eigenvalue weighted by Crippen LogP contribution is -2.63. The van der Waals surface area contributed by atoms with Gasteiger partial charge in [0.05, 0.1) is 25.4 Å². The first-order valence-corrected chi connectivity index (χ1v) is 10.0. The van der Waals surface area contributed by atoms with E-state index in [9.17, 15) is 4.79 Å². The molecule has 1 rings (SSSR count). The topological polar surface area (TPSA) is 57.2 Å². The third-order valence-corrected chi connectivity index (χ3v) is 4.98. The number of nitrogens with zero attached hydrogens (tertiary/aromatic N) is 1. The van der Waals surface area contributed by atoms with Gasteiger partial charge in [-0.3, -0.25) is 9.63 Å². The molecule has 1 aliphatic heterocycles. The molecule has 1 fully saturated rings. The van der Waals surface area contributed by atoms with Crippen LogP contribution in [0, 0.1) is 0 Å². The highest BCUT2D eigenvalue weighted by Gasteiger charge is 2.49. The van der Waals surface area contributed by atoms with E-state index in [1.165, 1.54) is 6.92 Å². The van der Waals surface area contributed by atoms with Gasteiger partial charge in [0.25, 0.3) is 0 Å². The molecule has 162 valence electrons. The summed E-state index contributed by atoms with van der Waals surface area (Å²) < 4.78 is 17.2. The van der Waals surface area contributed by atoms with Crippen molar-refractivity contribution >= 4 is 5.97 Å². The van der Waals surface area contributed by atoms with Crippen molar-refractivity contribution < 1.29 is 23.8 Å². The van der Waals surface area contributed by atoms with E-state index in [0.29, 0.717) is 26.1 Å². The molecule has 6 nitrogen and oxygen atoms in total. The highest BCUT2D eigenvalue weighted by Crippen LogP contribution is 2.40. The van der Waals surface area contributed by atoms with Crippen molar-refractivity contribution in [3.05, 3.63) is 25.3 Å². The summed E-state index contributed by atoms with van der Waals surface area (Å²) >= 11 is 0. The van der Waals surface area contributed by atoms with Crippen LogP contribution in [0.5, 0.6) is 0 Å². The van der Waals surface area contributed by atoms with Crippen LogP contribution in [0.1, 0.15) is 61.3 Å². The van der Waals surface area contributed by atoms with Gasteiger partial charge in [-0.1, -0.05) is 12.2 Å². The van der Waals surface area contributed by atoms with Crippen LogP contribution >= 0.6 is 0 Å². The molecule has 0 bridgehead atoms. The van der Waals surface area contributed by atoms with E-state index in [0.717, 1.165) is 0 Å². The zero-order chi connectivity index (χ0) is 21.5. The van der Waals surface area contributed by atoms with Crippen LogP contribution in [-0.4, -0.2) is 59.7 Å². The van der Waals surface area contributed by atoms with Gasteiger partial charge in [0.2, 0.25) is 0 Å². The summed E-state index contributed by atoms with van der Waals surface area (Å²) in [5.74, 6) is -0.248. The largest absolute Gasteiger partial charge is 0.462 e. The van der Waals surface area contributed by atoms with Crippen molar-refractivity contribution in [2.75, 3.05) is 13.2 Å². The second kappa shape index (κ2) is 10.5. The number of hydroxylamine groups is 2. The van der Waals surface area contributed by atoms with Crippen LogP contribution < -0.4 is 0 Å². The fourth-order valence-electron chi connectivity index (χ4n) is 3.80. The number of carbonyl (C=O) groups is 1. The summed E-state index contributed by atoms with van der Waals surface area (Å²) in [4.78, 5) is 17.9. The number of rotatable bonds is 11. The molecule has 3 unspecified atom stereocenters. The average molecular weight is 398 g/mol. The van der Waals surface area contributed by atoms with Crippen molar-refractivity contribution in [2.24, 2.45) is 0 Å². The lowest BCUT2D eigenvalue weighted by Gasteiger charge is -2.54. The molecule has 0 aromatic rings. The first-order chi connectivity index (χ1) is 12.9. The highest BCUT2D eigenvalue weighted by molar-refractivity contribution is 5.66. The van der Waals surface area contributed by atoms with Gasteiger partial charge in [0.15, 0.2) is 0 Å². The Labute approximate surface area is 170 Å². The van der Waals surface area contributed by atoms with Crippen LogP contribution in [0.15, 0.2) is 25.3 Å². The first kappa shape index (κ1) is 24.8. The van der Waals surface area contributed by atoms with E-state index in [1.807, 2.05) is 18.9 Å². The monoisotopic (exact) mass is 397 g/mol. The van der Waals surface area contributed by atoms with Gasteiger partial charge in [0.1, 0.15) is 12.2 Å². The SMILES string of the molecule is C=CCOC(C)C(COC(C)C=C)ON1C(C)(C)CC(OC(C)=O)CC1(C)C. The normalized spacial score (nSPS) is 22.8. The molecule has 0 radical (unpaired) electrons. The van der Waals surface area contributed by atoms with Crippen LogP contribution in [-0.2, 0) is 23.8 Å². The molecule has 0 amide bonds. The Balaban J connectivity index is 2.98. The number of carbonyl (C=O) groups excluding carboxylic acids is 1. The highest BCUT2D eigenvalue weighted by atomic mass is 16.7. The van der Waals surface area contributed by atoms with Crippen molar-refractivity contribution in [1.82, 2.24) is 5.06 Å². The second-order valence-corrected chi connectivity index (χ2v) is 8.80. The van der Waals surface area contributed by atoms with Crippen LogP contribution in [0.2, 0.25) is 0 Å². The van der Waals surface area contributed by atoms with Gasteiger partial charge < -0.3 is 14.2 Å². The lowest BCUT2D eigenvalue weighted by atomic mass is 9.80. The van der Waals surface area contributed by atoms with E-state index >= 15 is 0 Å². The average Bonchev–Trinajstić information content (AvgIpc) is 2.56. The number of hydrogen-bond donors (Lipinski definition) is 0. The molecule has 0 aromatic heterocycles. The van der Waals surface area contributed by atoms with Gasteiger partial charge in [-0.15, -0.1) is 13.2 Å². The minimum Gasteiger partial charge on any atom is -0.462 e. The molecular weight excluding hydrogens is 358 g/mol. The third-order valence-electron chi connectivity index (χ3n) is 4.98. The summed E-state index contributed by atoms with van der Waals surface area (Å²) in [7, 11) is 0. The summed E-state index contributed by atoms with van der Waals surface area (Å²) in [6.45, 7) is 22.1. The molecular formula is C22H39NO5. The Morgan fingerprint density at radius 1 is 1.14 bits per heavy atom. The van der Waals surface area contributed by atoms with E-state index in [2.05, 4.69) is 40.9 Å². The molecule has 28 heavy (non-hydrogen) atoms. The van der Waals surface area contributed by atoms with Crippen molar-refractivity contribution in [3.63, 3.8) is 0 Å². The zero-order valence-electron chi connectivity index (χ0n) is 18.7. The number of esters is 1. The fraction of sp³-hybridized carbons (Fsp3) is 0.773. The minimum absolute atomic E-state index is 0.0755. The van der Waals surface area contributed by atoms with Crippen LogP contribution in [0.3, 0.4) is 0 Å². The van der Waals surface area contributed by atoms with E-state index in [-0.39, 0.29) is 41.5 Å². The van der Waals surface area contributed by atoms with Gasteiger partial charge in [-0.05, 0) is 41.5 Å². The summed E-state index contributed by atoms with van der Waals surface area (Å²) in [5, 5.41) is 2.03. The van der Waals surface area contributed by atoms with Gasteiger partial charge in [-0.2, -0.15) is 5.06 Å². The smallest absolute Gasteiger partial charge is 0.302 e. The first-order valence-electron chi connectivity index (χ1n) is 10.0. The Morgan fingerprint density at radius 3 is 2.18 bits per heavy atom. The molecule has 0 aromatic carbocycles. The quantitative estimate of drug-likeness (QED) is 0.387. The minimum atomic E-state index is -0.331. The van der Waals surface area contributed by atoms with E-state index < -0.39 is 0 Å². The fourth-order valence-corrected chi connectivity index (χ4v) is 3.80. The Morgan fingerprint density at radius 2 is 1.71 bits per heavy atom. The maximum Gasteiger partial charge on any atom is 0.302 e. The number of hydrogen-bond acceptors (Lipinski definition) is 6. The van der Waals surface area contributed by atoms with Gasteiger partial charge >= 0.3 is 5.97 Å². The molecule has 0 N–H and O–H groups in total. The molecule has 3 atom stereocenters. The van der Waals surface area contributed by atoms with Gasteiger partial charge in [0, 0.05) is 30.8 Å². The predicted molar refractivity (Wildman–Crippen MR) is 111 cm³/mol. The molecule has 0 aliphatic carbocycles. The van der Waals surface area contributed by atoms with Crippen LogP contribution in [0.4, 0.5) is 0 Å². The summed E-state index contributed by atoms with van der Waals surface area (Å²) in [6.07, 6.45) is 4.16. The Bertz CT molecular complexity index is 513. The van der Waals surface area contributed by atoms with Gasteiger partial charge in [-0.25, -0.2) is 0 Å². The summed E-state index contributed by atoms with van der Waals surface area (Å²) in [6, 6.07) is 0. The number of piperidine rings is 1.